The van der Waals surface area contributed by atoms with Gasteiger partial charge in [-0.2, -0.15) is 0 Å². The average molecular weight is 534 g/mol. The highest BCUT2D eigenvalue weighted by atomic mass is 16.7. The summed E-state index contributed by atoms with van der Waals surface area (Å²) in [5.41, 5.74) is 2.16. The Morgan fingerprint density at radius 3 is 2.90 bits per heavy atom. The molecule has 3 N–H and O–H groups in total. The van der Waals surface area contributed by atoms with Crippen LogP contribution in [-0.2, 0) is 20.7 Å². The number of amides is 1. The van der Waals surface area contributed by atoms with E-state index in [0.717, 1.165) is 47.7 Å². The van der Waals surface area contributed by atoms with Crippen molar-refractivity contribution < 1.29 is 28.9 Å². The van der Waals surface area contributed by atoms with E-state index in [9.17, 15) is 14.7 Å². The fourth-order valence-corrected chi connectivity index (χ4v) is 6.74. The van der Waals surface area contributed by atoms with Crippen molar-refractivity contribution in [3.63, 3.8) is 0 Å². The summed E-state index contributed by atoms with van der Waals surface area (Å²) in [5.74, 6) is 0.650. The van der Waals surface area contributed by atoms with Gasteiger partial charge in [0, 0.05) is 42.0 Å². The molecule has 9 nitrogen and oxygen atoms in total. The van der Waals surface area contributed by atoms with Crippen LogP contribution in [0.2, 0.25) is 0 Å². The molecule has 2 aliphatic heterocycles. The standard InChI is InChI=1S/C30H35N3O6/c1-37-29(35)24(14-20-16-31-23-8-3-2-6-21(20)23)32-27(34)17-33-13-12-30(36)11-5-4-7-22(30)28(33)19-9-10-25-26(15-19)39-18-38-25/h2-3,6,8-10,15-16,22,24,28,31,36H,4-5,7,11-14,17-18H2,1H3,(H,32,34)/t22-,24+,28+,30+/m1/s1. The van der Waals surface area contributed by atoms with Crippen LogP contribution in [0.3, 0.4) is 0 Å². The van der Waals surface area contributed by atoms with E-state index in [0.29, 0.717) is 30.9 Å². The van der Waals surface area contributed by atoms with Crippen molar-refractivity contribution in [2.24, 2.45) is 5.92 Å². The number of aromatic nitrogens is 1. The monoisotopic (exact) mass is 533 g/mol. The molecule has 6 rings (SSSR count). The molecule has 2 fully saturated rings. The SMILES string of the molecule is COC(=O)[C@H](Cc1c[nH]c2ccccc12)NC(=O)CN1CC[C@@]2(O)CCCC[C@@H]2[C@@H]1c1ccc2c(c1)OCO2. The van der Waals surface area contributed by atoms with E-state index in [1.807, 2.05) is 48.7 Å². The van der Waals surface area contributed by atoms with Gasteiger partial charge in [0.15, 0.2) is 11.5 Å². The highest BCUT2D eigenvalue weighted by Gasteiger charge is 2.49. The summed E-state index contributed by atoms with van der Waals surface area (Å²) < 4.78 is 16.2. The number of rotatable bonds is 7. The normalized spacial score (nSPS) is 25.2. The number of benzene rings is 2. The molecular weight excluding hydrogens is 498 g/mol. The van der Waals surface area contributed by atoms with Gasteiger partial charge >= 0.3 is 5.97 Å². The number of hydrogen-bond acceptors (Lipinski definition) is 7. The number of para-hydroxylation sites is 1. The van der Waals surface area contributed by atoms with Gasteiger partial charge in [0.2, 0.25) is 12.7 Å². The Hall–Kier alpha value is -3.56. The Kier molecular flexibility index (Phi) is 6.95. The highest BCUT2D eigenvalue weighted by Crippen LogP contribution is 2.50. The maximum atomic E-state index is 13.5. The number of likely N-dealkylation sites (tertiary alicyclic amines) is 1. The fraction of sp³-hybridized carbons (Fsp3) is 0.467. The summed E-state index contributed by atoms with van der Waals surface area (Å²) in [6, 6.07) is 12.8. The van der Waals surface area contributed by atoms with Crippen LogP contribution in [0.1, 0.15) is 49.3 Å². The number of methoxy groups -OCH3 is 1. The number of carbonyl (C=O) groups is 2. The van der Waals surface area contributed by atoms with Gasteiger partial charge in [-0.05, 0) is 48.6 Å². The predicted octanol–water partition coefficient (Wildman–Crippen LogP) is 3.47. The van der Waals surface area contributed by atoms with Crippen LogP contribution in [0.25, 0.3) is 10.9 Å². The number of carbonyl (C=O) groups excluding carboxylic acids is 2. The second-order valence-electron chi connectivity index (χ2n) is 10.9. The topological polar surface area (TPSA) is 113 Å². The summed E-state index contributed by atoms with van der Waals surface area (Å²) in [6.45, 7) is 0.867. The van der Waals surface area contributed by atoms with E-state index in [2.05, 4.69) is 15.2 Å². The van der Waals surface area contributed by atoms with Crippen molar-refractivity contribution in [1.29, 1.82) is 0 Å². The third kappa shape index (κ3) is 4.96. The average Bonchev–Trinajstić information content (AvgIpc) is 3.59. The number of fused-ring (bicyclic) bond motifs is 3. The molecule has 206 valence electrons. The first-order chi connectivity index (χ1) is 18.9. The molecule has 1 aromatic heterocycles. The maximum Gasteiger partial charge on any atom is 0.328 e. The van der Waals surface area contributed by atoms with Crippen LogP contribution in [0.5, 0.6) is 11.5 Å². The molecule has 1 amide bonds. The zero-order valence-corrected chi connectivity index (χ0v) is 22.2. The molecule has 1 saturated heterocycles. The summed E-state index contributed by atoms with van der Waals surface area (Å²) in [4.78, 5) is 31.5. The van der Waals surface area contributed by atoms with Crippen molar-refractivity contribution in [3.05, 3.63) is 59.8 Å². The van der Waals surface area contributed by atoms with Crippen LogP contribution >= 0.6 is 0 Å². The van der Waals surface area contributed by atoms with Gasteiger partial charge in [0.1, 0.15) is 6.04 Å². The molecule has 0 unspecified atom stereocenters. The van der Waals surface area contributed by atoms with Crippen molar-refractivity contribution in [2.45, 2.75) is 56.2 Å². The summed E-state index contributed by atoms with van der Waals surface area (Å²) in [6.07, 6.45) is 6.51. The second-order valence-corrected chi connectivity index (χ2v) is 10.9. The van der Waals surface area contributed by atoms with Gasteiger partial charge in [0.05, 0.1) is 19.3 Å². The molecule has 0 spiro atoms. The molecule has 39 heavy (non-hydrogen) atoms. The van der Waals surface area contributed by atoms with Crippen molar-refractivity contribution >= 4 is 22.8 Å². The molecule has 3 aromatic rings. The van der Waals surface area contributed by atoms with E-state index in [1.165, 1.54) is 7.11 Å². The predicted molar refractivity (Wildman–Crippen MR) is 144 cm³/mol. The Balaban J connectivity index is 1.23. The molecule has 2 aromatic carbocycles. The second kappa shape index (κ2) is 10.5. The summed E-state index contributed by atoms with van der Waals surface area (Å²) >= 11 is 0. The molecule has 0 radical (unpaired) electrons. The number of nitrogens with zero attached hydrogens (tertiary/aromatic N) is 1. The van der Waals surface area contributed by atoms with E-state index >= 15 is 0 Å². The molecule has 9 heteroatoms. The van der Waals surface area contributed by atoms with Crippen LogP contribution in [-0.4, -0.2) is 65.5 Å². The molecule has 4 atom stereocenters. The van der Waals surface area contributed by atoms with E-state index in [-0.39, 0.29) is 31.2 Å². The first kappa shape index (κ1) is 25.7. The van der Waals surface area contributed by atoms with E-state index in [4.69, 9.17) is 14.2 Å². The number of hydrogen-bond donors (Lipinski definition) is 3. The molecule has 3 aliphatic rings. The molecule has 3 heterocycles. The number of esters is 1. The Morgan fingerprint density at radius 1 is 1.18 bits per heavy atom. The minimum absolute atomic E-state index is 0.00389. The molecule has 0 bridgehead atoms. The van der Waals surface area contributed by atoms with Gasteiger partial charge in [-0.25, -0.2) is 4.79 Å². The molecule has 1 saturated carbocycles. The quantitative estimate of drug-likeness (QED) is 0.399. The first-order valence-corrected chi connectivity index (χ1v) is 13.7. The minimum atomic E-state index is -0.817. The lowest BCUT2D eigenvalue weighted by molar-refractivity contribution is -0.146. The largest absolute Gasteiger partial charge is 0.467 e. The van der Waals surface area contributed by atoms with Gasteiger partial charge in [-0.15, -0.1) is 0 Å². The first-order valence-electron chi connectivity index (χ1n) is 13.7. The van der Waals surface area contributed by atoms with Crippen LogP contribution in [0.15, 0.2) is 48.7 Å². The molecular formula is C30H35N3O6. The molecule has 1 aliphatic carbocycles. The van der Waals surface area contributed by atoms with E-state index in [1.54, 1.807) is 0 Å². The number of aromatic amines is 1. The summed E-state index contributed by atoms with van der Waals surface area (Å²) in [7, 11) is 1.33. The zero-order chi connectivity index (χ0) is 27.0. The highest BCUT2D eigenvalue weighted by molar-refractivity contribution is 5.88. The smallest absolute Gasteiger partial charge is 0.328 e. The number of nitrogens with one attached hydrogen (secondary N) is 2. The fourth-order valence-electron chi connectivity index (χ4n) is 6.74. The van der Waals surface area contributed by atoms with Crippen molar-refractivity contribution in [2.75, 3.05) is 27.0 Å². The third-order valence-corrected chi connectivity index (χ3v) is 8.68. The van der Waals surface area contributed by atoms with Crippen LogP contribution in [0, 0.1) is 5.92 Å². The Morgan fingerprint density at radius 2 is 2.03 bits per heavy atom. The maximum absolute atomic E-state index is 13.5. The Labute approximate surface area is 227 Å². The van der Waals surface area contributed by atoms with Gasteiger partial charge in [0.25, 0.3) is 0 Å². The van der Waals surface area contributed by atoms with Gasteiger partial charge in [-0.3, -0.25) is 9.69 Å². The number of aliphatic hydroxyl groups is 1. The zero-order valence-electron chi connectivity index (χ0n) is 22.2. The van der Waals surface area contributed by atoms with Gasteiger partial charge in [-0.1, -0.05) is 37.1 Å². The number of ether oxygens (including phenoxy) is 3. The van der Waals surface area contributed by atoms with Crippen LogP contribution in [0.4, 0.5) is 0 Å². The lowest BCUT2D eigenvalue weighted by Gasteiger charge is -2.52. The third-order valence-electron chi connectivity index (χ3n) is 8.68. The van der Waals surface area contributed by atoms with E-state index < -0.39 is 17.6 Å². The number of piperidine rings is 1. The number of H-pyrrole nitrogens is 1. The lowest BCUT2D eigenvalue weighted by Crippen LogP contribution is -2.57. The summed E-state index contributed by atoms with van der Waals surface area (Å²) in [5, 5.41) is 15.5. The van der Waals surface area contributed by atoms with Crippen molar-refractivity contribution in [3.8, 4) is 11.5 Å². The van der Waals surface area contributed by atoms with Gasteiger partial charge < -0.3 is 29.6 Å². The van der Waals surface area contributed by atoms with Crippen molar-refractivity contribution in [1.82, 2.24) is 15.2 Å². The lowest BCUT2D eigenvalue weighted by atomic mass is 9.66. The van der Waals surface area contributed by atoms with Crippen LogP contribution < -0.4 is 14.8 Å². The Bertz CT molecular complexity index is 1370. The minimum Gasteiger partial charge on any atom is -0.467 e.